The fourth-order valence-electron chi connectivity index (χ4n) is 5.38. The van der Waals surface area contributed by atoms with Gasteiger partial charge in [-0.15, -0.1) is 0 Å². The molecule has 2 aromatic heterocycles. The standard InChI is InChI=1S/C22H30N4O/c1-17-23-19(20-8-2-3-12-26(17)20)15-24-13-10-22(16-24)9-5-11-25(21(22)27)14-18-6-4-7-18/h2-3,8,12,18H,4-7,9-11,13-16H2,1H3/t22-/m1/s1. The molecule has 1 atom stereocenters. The first-order chi connectivity index (χ1) is 13.1. The molecule has 1 aliphatic carbocycles. The van der Waals surface area contributed by atoms with E-state index in [2.05, 4.69) is 39.5 Å². The smallest absolute Gasteiger partial charge is 0.230 e. The second-order valence-electron chi connectivity index (χ2n) is 8.95. The summed E-state index contributed by atoms with van der Waals surface area (Å²) in [6, 6.07) is 6.27. The molecule has 27 heavy (non-hydrogen) atoms. The van der Waals surface area contributed by atoms with Crippen molar-refractivity contribution >= 4 is 11.4 Å². The van der Waals surface area contributed by atoms with E-state index in [9.17, 15) is 4.79 Å². The third-order valence-corrected chi connectivity index (χ3v) is 7.13. The van der Waals surface area contributed by atoms with Gasteiger partial charge < -0.3 is 9.30 Å². The van der Waals surface area contributed by atoms with E-state index >= 15 is 0 Å². The fourth-order valence-corrected chi connectivity index (χ4v) is 5.38. The van der Waals surface area contributed by atoms with Crippen LogP contribution in [0.25, 0.3) is 5.52 Å². The van der Waals surface area contributed by atoms with Crippen molar-refractivity contribution in [1.82, 2.24) is 19.2 Å². The van der Waals surface area contributed by atoms with E-state index in [-0.39, 0.29) is 5.41 Å². The van der Waals surface area contributed by atoms with Crippen molar-refractivity contribution in [3.05, 3.63) is 35.9 Å². The minimum absolute atomic E-state index is 0.132. The highest BCUT2D eigenvalue weighted by Gasteiger charge is 2.48. The van der Waals surface area contributed by atoms with Crippen molar-refractivity contribution in [2.45, 2.75) is 52.0 Å². The second-order valence-corrected chi connectivity index (χ2v) is 8.95. The predicted molar refractivity (Wildman–Crippen MR) is 105 cm³/mol. The molecule has 1 saturated carbocycles. The molecule has 5 rings (SSSR count). The molecule has 1 amide bonds. The monoisotopic (exact) mass is 366 g/mol. The molecule has 144 valence electrons. The fraction of sp³-hybridized carbons (Fsp3) is 0.636. The third-order valence-electron chi connectivity index (χ3n) is 7.13. The molecule has 5 nitrogen and oxygen atoms in total. The lowest BCUT2D eigenvalue weighted by atomic mass is 9.77. The number of likely N-dealkylation sites (tertiary alicyclic amines) is 2. The van der Waals surface area contributed by atoms with Crippen LogP contribution in [0.15, 0.2) is 24.4 Å². The Kier molecular flexibility index (Phi) is 4.23. The van der Waals surface area contributed by atoms with E-state index in [1.807, 2.05) is 6.07 Å². The molecule has 2 aliphatic heterocycles. The predicted octanol–water partition coefficient (Wildman–Crippen LogP) is 3.26. The van der Waals surface area contributed by atoms with Gasteiger partial charge in [0.25, 0.3) is 0 Å². The Labute approximate surface area is 161 Å². The first-order valence-electron chi connectivity index (χ1n) is 10.6. The molecular formula is C22H30N4O. The maximum Gasteiger partial charge on any atom is 0.230 e. The van der Waals surface area contributed by atoms with Crippen LogP contribution in [0.1, 0.15) is 50.0 Å². The number of aryl methyl sites for hydroxylation is 1. The zero-order valence-electron chi connectivity index (χ0n) is 16.4. The average molecular weight is 367 g/mol. The van der Waals surface area contributed by atoms with E-state index in [1.54, 1.807) is 0 Å². The number of nitrogens with zero attached hydrogens (tertiary/aromatic N) is 4. The molecule has 0 radical (unpaired) electrons. The van der Waals surface area contributed by atoms with E-state index in [1.165, 1.54) is 31.2 Å². The Morgan fingerprint density at radius 2 is 2.07 bits per heavy atom. The lowest BCUT2D eigenvalue weighted by Gasteiger charge is -2.42. The van der Waals surface area contributed by atoms with Crippen LogP contribution in [0.4, 0.5) is 0 Å². The van der Waals surface area contributed by atoms with Crippen molar-refractivity contribution in [1.29, 1.82) is 0 Å². The van der Waals surface area contributed by atoms with Crippen LogP contribution >= 0.6 is 0 Å². The summed E-state index contributed by atoms with van der Waals surface area (Å²) in [7, 11) is 0. The summed E-state index contributed by atoms with van der Waals surface area (Å²) in [6.45, 7) is 6.79. The lowest BCUT2D eigenvalue weighted by molar-refractivity contribution is -0.146. The molecule has 0 bridgehead atoms. The van der Waals surface area contributed by atoms with Crippen LogP contribution < -0.4 is 0 Å². The Bertz CT molecular complexity index is 855. The molecule has 0 N–H and O–H groups in total. The highest BCUT2D eigenvalue weighted by Crippen LogP contribution is 2.41. The summed E-state index contributed by atoms with van der Waals surface area (Å²) < 4.78 is 2.16. The van der Waals surface area contributed by atoms with Gasteiger partial charge in [0.15, 0.2) is 0 Å². The zero-order valence-corrected chi connectivity index (χ0v) is 16.4. The van der Waals surface area contributed by atoms with Gasteiger partial charge in [-0.1, -0.05) is 12.5 Å². The number of carbonyl (C=O) groups excluding carboxylic acids is 1. The van der Waals surface area contributed by atoms with Crippen LogP contribution in [0.2, 0.25) is 0 Å². The number of rotatable bonds is 4. The number of carbonyl (C=O) groups is 1. The number of hydrogen-bond donors (Lipinski definition) is 0. The summed E-state index contributed by atoms with van der Waals surface area (Å²) >= 11 is 0. The molecule has 4 heterocycles. The Hall–Kier alpha value is -1.88. The molecule has 1 spiro atoms. The van der Waals surface area contributed by atoms with Gasteiger partial charge >= 0.3 is 0 Å². The lowest BCUT2D eigenvalue weighted by Crippen LogP contribution is -2.51. The zero-order chi connectivity index (χ0) is 18.4. The topological polar surface area (TPSA) is 40.9 Å². The highest BCUT2D eigenvalue weighted by molar-refractivity contribution is 5.84. The summed E-state index contributed by atoms with van der Waals surface area (Å²) in [5.41, 5.74) is 2.20. The quantitative estimate of drug-likeness (QED) is 0.834. The summed E-state index contributed by atoms with van der Waals surface area (Å²) in [6.07, 6.45) is 9.30. The summed E-state index contributed by atoms with van der Waals surface area (Å²) in [5, 5.41) is 0. The number of aromatic nitrogens is 2. The van der Waals surface area contributed by atoms with Gasteiger partial charge in [0.05, 0.1) is 16.6 Å². The summed E-state index contributed by atoms with van der Waals surface area (Å²) in [5.74, 6) is 2.24. The largest absolute Gasteiger partial charge is 0.342 e. The molecule has 2 saturated heterocycles. The molecule has 0 aromatic carbocycles. The number of pyridine rings is 1. The van der Waals surface area contributed by atoms with Gasteiger partial charge in [-0.25, -0.2) is 4.98 Å². The number of piperidine rings is 1. The van der Waals surface area contributed by atoms with Gasteiger partial charge in [0.2, 0.25) is 5.91 Å². The van der Waals surface area contributed by atoms with Crippen LogP contribution in [0.5, 0.6) is 0 Å². The normalized spacial score (nSPS) is 27.0. The second kappa shape index (κ2) is 6.62. The molecular weight excluding hydrogens is 336 g/mol. The van der Waals surface area contributed by atoms with Crippen molar-refractivity contribution in [3.8, 4) is 0 Å². The van der Waals surface area contributed by atoms with Crippen LogP contribution in [0, 0.1) is 18.3 Å². The van der Waals surface area contributed by atoms with Crippen LogP contribution in [-0.4, -0.2) is 51.3 Å². The van der Waals surface area contributed by atoms with Gasteiger partial charge in [-0.3, -0.25) is 9.69 Å². The molecule has 3 fully saturated rings. The van der Waals surface area contributed by atoms with E-state index in [4.69, 9.17) is 4.98 Å². The van der Waals surface area contributed by atoms with Gasteiger partial charge in [0.1, 0.15) is 5.82 Å². The van der Waals surface area contributed by atoms with E-state index < -0.39 is 0 Å². The Balaban J connectivity index is 1.30. The first-order valence-corrected chi connectivity index (χ1v) is 10.6. The van der Waals surface area contributed by atoms with Crippen molar-refractivity contribution in [2.24, 2.45) is 11.3 Å². The minimum Gasteiger partial charge on any atom is -0.342 e. The number of imidazole rings is 1. The summed E-state index contributed by atoms with van der Waals surface area (Å²) in [4.78, 5) is 22.8. The Morgan fingerprint density at radius 1 is 1.19 bits per heavy atom. The molecule has 3 aliphatic rings. The highest BCUT2D eigenvalue weighted by atomic mass is 16.2. The number of fused-ring (bicyclic) bond motifs is 1. The van der Waals surface area contributed by atoms with Gasteiger partial charge in [-0.2, -0.15) is 0 Å². The van der Waals surface area contributed by atoms with Gasteiger partial charge in [-0.05, 0) is 63.6 Å². The SMILES string of the molecule is Cc1nc(CN2CC[C@]3(CCCN(CC4CCC4)C3=O)C2)c2ccccn12. The van der Waals surface area contributed by atoms with Crippen molar-refractivity contribution in [3.63, 3.8) is 0 Å². The minimum atomic E-state index is -0.132. The molecule has 2 aromatic rings. The third kappa shape index (κ3) is 2.96. The molecule has 5 heteroatoms. The van der Waals surface area contributed by atoms with E-state index in [0.717, 1.165) is 63.0 Å². The maximum absolute atomic E-state index is 13.3. The first kappa shape index (κ1) is 17.2. The maximum atomic E-state index is 13.3. The van der Waals surface area contributed by atoms with Crippen molar-refractivity contribution in [2.75, 3.05) is 26.2 Å². The number of amides is 1. The van der Waals surface area contributed by atoms with Crippen molar-refractivity contribution < 1.29 is 4.79 Å². The van der Waals surface area contributed by atoms with Gasteiger partial charge in [0, 0.05) is 32.4 Å². The number of hydrogen-bond acceptors (Lipinski definition) is 3. The van der Waals surface area contributed by atoms with Crippen LogP contribution in [0.3, 0.4) is 0 Å². The average Bonchev–Trinajstić information content (AvgIpc) is 3.18. The molecule has 0 unspecified atom stereocenters. The van der Waals surface area contributed by atoms with Crippen LogP contribution in [-0.2, 0) is 11.3 Å². The Morgan fingerprint density at radius 3 is 2.89 bits per heavy atom. The van der Waals surface area contributed by atoms with E-state index in [0.29, 0.717) is 5.91 Å².